The largest absolute Gasteiger partial charge is 0.366 e. The molecule has 4 heteroatoms. The Morgan fingerprint density at radius 2 is 1.26 bits per heavy atom. The number of amidine groups is 1. The Hall–Kier alpha value is -2.62. The van der Waals surface area contributed by atoms with E-state index in [1.807, 2.05) is 25.9 Å². The van der Waals surface area contributed by atoms with Gasteiger partial charge in [0, 0.05) is 19.8 Å². The van der Waals surface area contributed by atoms with Gasteiger partial charge >= 0.3 is 0 Å². The van der Waals surface area contributed by atoms with Crippen molar-refractivity contribution >= 4 is 23.2 Å². The van der Waals surface area contributed by atoms with Gasteiger partial charge in [-0.25, -0.2) is 9.98 Å². The summed E-state index contributed by atoms with van der Waals surface area (Å²) in [6, 6.07) is 13.1. The predicted octanol–water partition coefficient (Wildman–Crippen LogP) is 7.67. The number of para-hydroxylation sites is 2. The SMILES string of the molecule is C/C(=N\C(=N/c1c(CC(C)C)cccc1CC(C)C)Nc1c(C)cccc1CC(C)C)N(C)C. The quantitative estimate of drug-likeness (QED) is 0.323. The number of hydrogen-bond acceptors (Lipinski definition) is 1. The van der Waals surface area contributed by atoms with Crippen molar-refractivity contribution < 1.29 is 0 Å². The highest BCUT2D eigenvalue weighted by molar-refractivity contribution is 6.04. The van der Waals surface area contributed by atoms with Crippen LogP contribution >= 0.6 is 0 Å². The minimum atomic E-state index is 0.556. The van der Waals surface area contributed by atoms with E-state index in [1.165, 1.54) is 22.3 Å². The van der Waals surface area contributed by atoms with E-state index < -0.39 is 0 Å². The third kappa shape index (κ3) is 8.30. The van der Waals surface area contributed by atoms with Gasteiger partial charge in [0.1, 0.15) is 5.84 Å². The highest BCUT2D eigenvalue weighted by atomic mass is 15.2. The fraction of sp³-hybridized carbons (Fsp3) is 0.533. The summed E-state index contributed by atoms with van der Waals surface area (Å²) in [5.74, 6) is 3.24. The number of hydrogen-bond donors (Lipinski definition) is 1. The van der Waals surface area contributed by atoms with E-state index in [2.05, 4.69) is 90.2 Å². The molecule has 0 heterocycles. The van der Waals surface area contributed by atoms with E-state index in [4.69, 9.17) is 9.98 Å². The number of anilines is 1. The lowest BCUT2D eigenvalue weighted by Gasteiger charge is -2.19. The number of aliphatic imine (C=N–C) groups is 2. The standard InChI is InChI=1S/C30H46N4/c1-20(2)17-25-14-11-13-23(7)28(25)32-30(31-24(8)34(9)10)33-29-26(18-21(3)4)15-12-16-27(29)19-22(5)6/h11-16,20-22H,17-19H2,1-10H3,(H,32,33)/b31-24+. The topological polar surface area (TPSA) is 40.0 Å². The van der Waals surface area contributed by atoms with Gasteiger partial charge in [-0.15, -0.1) is 0 Å². The highest BCUT2D eigenvalue weighted by Gasteiger charge is 2.15. The average molecular weight is 463 g/mol. The highest BCUT2D eigenvalue weighted by Crippen LogP contribution is 2.30. The van der Waals surface area contributed by atoms with Crippen molar-refractivity contribution in [2.75, 3.05) is 19.4 Å². The number of nitrogens with one attached hydrogen (secondary N) is 1. The second kappa shape index (κ2) is 12.7. The molecule has 0 saturated carbocycles. The Kier molecular flexibility index (Phi) is 10.3. The number of nitrogens with zero attached hydrogens (tertiary/aromatic N) is 3. The lowest BCUT2D eigenvalue weighted by Crippen LogP contribution is -2.22. The van der Waals surface area contributed by atoms with Crippen LogP contribution in [-0.4, -0.2) is 30.8 Å². The van der Waals surface area contributed by atoms with Crippen LogP contribution in [0.4, 0.5) is 11.4 Å². The molecule has 0 fully saturated rings. The first-order valence-electron chi connectivity index (χ1n) is 12.8. The molecule has 0 spiro atoms. The Morgan fingerprint density at radius 1 is 0.794 bits per heavy atom. The molecule has 0 aliphatic carbocycles. The zero-order valence-corrected chi connectivity index (χ0v) is 23.2. The molecule has 0 aromatic heterocycles. The summed E-state index contributed by atoms with van der Waals surface area (Å²) in [5.41, 5.74) is 7.29. The first kappa shape index (κ1) is 27.6. The van der Waals surface area contributed by atoms with E-state index in [9.17, 15) is 0 Å². The summed E-state index contributed by atoms with van der Waals surface area (Å²) in [5, 5.41) is 3.65. The summed E-state index contributed by atoms with van der Waals surface area (Å²) in [4.78, 5) is 12.2. The van der Waals surface area contributed by atoms with Gasteiger partial charge in [-0.2, -0.15) is 0 Å². The maximum Gasteiger partial charge on any atom is 0.229 e. The summed E-state index contributed by atoms with van der Waals surface area (Å²) in [7, 11) is 4.04. The van der Waals surface area contributed by atoms with Gasteiger partial charge in [-0.3, -0.25) is 0 Å². The molecule has 0 radical (unpaired) electrons. The Morgan fingerprint density at radius 3 is 1.76 bits per heavy atom. The van der Waals surface area contributed by atoms with E-state index in [-0.39, 0.29) is 0 Å². The van der Waals surface area contributed by atoms with E-state index in [0.717, 1.165) is 36.5 Å². The van der Waals surface area contributed by atoms with Crippen molar-refractivity contribution in [3.63, 3.8) is 0 Å². The number of rotatable bonds is 8. The second-order valence-corrected chi connectivity index (χ2v) is 10.9. The number of aryl methyl sites for hydroxylation is 1. The maximum absolute atomic E-state index is 5.24. The zero-order valence-electron chi connectivity index (χ0n) is 23.2. The summed E-state index contributed by atoms with van der Waals surface area (Å²) in [6.45, 7) is 17.8. The number of guanidine groups is 1. The van der Waals surface area contributed by atoms with E-state index in [1.54, 1.807) is 0 Å². The van der Waals surface area contributed by atoms with Gasteiger partial charge in [-0.1, -0.05) is 77.9 Å². The molecule has 1 N–H and O–H groups in total. The molecule has 0 saturated heterocycles. The van der Waals surface area contributed by atoms with Gasteiger partial charge in [0.05, 0.1) is 5.69 Å². The van der Waals surface area contributed by atoms with Crippen LogP contribution in [0, 0.1) is 24.7 Å². The molecule has 0 atom stereocenters. The molecule has 0 amide bonds. The zero-order chi connectivity index (χ0) is 25.4. The smallest absolute Gasteiger partial charge is 0.229 e. The minimum Gasteiger partial charge on any atom is -0.366 e. The lowest BCUT2D eigenvalue weighted by molar-refractivity contribution is 0.619. The lowest BCUT2D eigenvalue weighted by atomic mass is 9.94. The second-order valence-electron chi connectivity index (χ2n) is 10.9. The molecule has 2 aromatic carbocycles. The Bertz CT molecular complexity index is 969. The fourth-order valence-corrected chi connectivity index (χ4v) is 4.07. The van der Waals surface area contributed by atoms with Crippen LogP contribution in [0.15, 0.2) is 46.4 Å². The normalized spacial score (nSPS) is 12.7. The maximum atomic E-state index is 5.24. The average Bonchev–Trinajstić information content (AvgIpc) is 2.71. The van der Waals surface area contributed by atoms with Crippen molar-refractivity contribution in [3.8, 4) is 0 Å². The Labute approximate surface area is 208 Å². The van der Waals surface area contributed by atoms with Crippen LogP contribution < -0.4 is 5.32 Å². The van der Waals surface area contributed by atoms with E-state index in [0.29, 0.717) is 23.7 Å². The first-order chi connectivity index (χ1) is 16.0. The molecular formula is C30H46N4. The molecule has 0 aliphatic heterocycles. The van der Waals surface area contributed by atoms with Crippen molar-refractivity contribution in [3.05, 3.63) is 58.7 Å². The molecule has 0 bridgehead atoms. The van der Waals surface area contributed by atoms with Crippen LogP contribution in [0.2, 0.25) is 0 Å². The van der Waals surface area contributed by atoms with Gasteiger partial charge in [0.15, 0.2) is 0 Å². The van der Waals surface area contributed by atoms with Crippen LogP contribution in [0.3, 0.4) is 0 Å². The summed E-state index contributed by atoms with van der Waals surface area (Å²) >= 11 is 0. The van der Waals surface area contributed by atoms with Gasteiger partial charge in [0.2, 0.25) is 5.96 Å². The van der Waals surface area contributed by atoms with Crippen LogP contribution in [-0.2, 0) is 19.3 Å². The molecule has 34 heavy (non-hydrogen) atoms. The van der Waals surface area contributed by atoms with Crippen LogP contribution in [0.1, 0.15) is 70.7 Å². The van der Waals surface area contributed by atoms with Gasteiger partial charge < -0.3 is 10.2 Å². The monoisotopic (exact) mass is 462 g/mol. The fourth-order valence-electron chi connectivity index (χ4n) is 4.07. The van der Waals surface area contributed by atoms with Gasteiger partial charge in [-0.05, 0) is 73.1 Å². The predicted molar refractivity (Wildman–Crippen MR) is 151 cm³/mol. The van der Waals surface area contributed by atoms with Crippen LogP contribution in [0.5, 0.6) is 0 Å². The van der Waals surface area contributed by atoms with Gasteiger partial charge in [0.25, 0.3) is 0 Å². The molecular weight excluding hydrogens is 416 g/mol. The van der Waals surface area contributed by atoms with E-state index >= 15 is 0 Å². The Balaban J connectivity index is 2.70. The molecule has 0 aliphatic rings. The summed E-state index contributed by atoms with van der Waals surface area (Å²) in [6.07, 6.45) is 3.00. The van der Waals surface area contributed by atoms with Crippen LogP contribution in [0.25, 0.3) is 0 Å². The van der Waals surface area contributed by atoms with Crippen molar-refractivity contribution in [1.29, 1.82) is 0 Å². The molecule has 0 unspecified atom stereocenters. The number of benzene rings is 2. The molecule has 2 rings (SSSR count). The first-order valence-corrected chi connectivity index (χ1v) is 12.8. The van der Waals surface area contributed by atoms with Crippen molar-refractivity contribution in [2.24, 2.45) is 27.7 Å². The summed E-state index contributed by atoms with van der Waals surface area (Å²) < 4.78 is 0. The minimum absolute atomic E-state index is 0.556. The third-order valence-corrected chi connectivity index (χ3v) is 5.82. The van der Waals surface area contributed by atoms with Crippen molar-refractivity contribution in [2.45, 2.75) is 74.7 Å². The molecule has 4 nitrogen and oxygen atoms in total. The molecule has 186 valence electrons. The third-order valence-electron chi connectivity index (χ3n) is 5.82. The van der Waals surface area contributed by atoms with Crippen molar-refractivity contribution in [1.82, 2.24) is 4.90 Å². The molecule has 2 aromatic rings.